The van der Waals surface area contributed by atoms with E-state index >= 15 is 0 Å². The second kappa shape index (κ2) is 5.46. The normalized spacial score (nSPS) is 12.1. The van der Waals surface area contributed by atoms with Gasteiger partial charge in [0.15, 0.2) is 0 Å². The van der Waals surface area contributed by atoms with Crippen molar-refractivity contribution < 1.29 is 5.11 Å². The van der Waals surface area contributed by atoms with Crippen LogP contribution >= 0.6 is 0 Å². The van der Waals surface area contributed by atoms with Crippen LogP contribution in [-0.4, -0.2) is 10.1 Å². The SMILES string of the molecule is CC(O)c1ccccc1NCc1ccncc1. The summed E-state index contributed by atoms with van der Waals surface area (Å²) in [6.45, 7) is 2.50. The number of hydrogen-bond donors (Lipinski definition) is 2. The van der Waals surface area contributed by atoms with Crippen molar-refractivity contribution >= 4 is 5.69 Å². The number of aliphatic hydroxyl groups is 1. The molecule has 0 aliphatic rings. The molecule has 88 valence electrons. The molecule has 17 heavy (non-hydrogen) atoms. The van der Waals surface area contributed by atoms with Gasteiger partial charge in [0.05, 0.1) is 6.10 Å². The summed E-state index contributed by atoms with van der Waals surface area (Å²) in [5.41, 5.74) is 3.06. The molecular formula is C14H16N2O. The maximum absolute atomic E-state index is 9.65. The fourth-order valence-electron chi connectivity index (χ4n) is 1.72. The topological polar surface area (TPSA) is 45.1 Å². The zero-order valence-electron chi connectivity index (χ0n) is 9.80. The van der Waals surface area contributed by atoms with Crippen LogP contribution in [-0.2, 0) is 6.54 Å². The third-order valence-corrected chi connectivity index (χ3v) is 2.64. The number of hydrogen-bond acceptors (Lipinski definition) is 3. The summed E-state index contributed by atoms with van der Waals surface area (Å²) < 4.78 is 0. The smallest absolute Gasteiger partial charge is 0.0781 e. The third kappa shape index (κ3) is 3.04. The first kappa shape index (κ1) is 11.6. The first-order valence-electron chi connectivity index (χ1n) is 5.67. The van der Waals surface area contributed by atoms with E-state index in [1.54, 1.807) is 19.3 Å². The summed E-state index contributed by atoms with van der Waals surface area (Å²) in [6.07, 6.45) is 3.09. The van der Waals surface area contributed by atoms with E-state index in [1.165, 1.54) is 5.56 Å². The van der Waals surface area contributed by atoms with Crippen molar-refractivity contribution in [1.82, 2.24) is 4.98 Å². The lowest BCUT2D eigenvalue weighted by atomic mass is 10.1. The van der Waals surface area contributed by atoms with Crippen LogP contribution in [0, 0.1) is 0 Å². The van der Waals surface area contributed by atoms with E-state index in [-0.39, 0.29) is 0 Å². The van der Waals surface area contributed by atoms with E-state index in [9.17, 15) is 5.11 Å². The van der Waals surface area contributed by atoms with Gasteiger partial charge in [0.1, 0.15) is 0 Å². The summed E-state index contributed by atoms with van der Waals surface area (Å²) in [7, 11) is 0. The molecule has 0 fully saturated rings. The Hall–Kier alpha value is -1.87. The van der Waals surface area contributed by atoms with E-state index in [2.05, 4.69) is 10.3 Å². The van der Waals surface area contributed by atoms with Gasteiger partial charge in [0.25, 0.3) is 0 Å². The van der Waals surface area contributed by atoms with Crippen LogP contribution in [0.1, 0.15) is 24.2 Å². The van der Waals surface area contributed by atoms with E-state index in [1.807, 2.05) is 36.4 Å². The minimum absolute atomic E-state index is 0.462. The number of benzene rings is 1. The van der Waals surface area contributed by atoms with Crippen LogP contribution in [0.4, 0.5) is 5.69 Å². The largest absolute Gasteiger partial charge is 0.389 e. The second-order valence-corrected chi connectivity index (χ2v) is 3.97. The number of rotatable bonds is 4. The Morgan fingerprint density at radius 1 is 1.18 bits per heavy atom. The van der Waals surface area contributed by atoms with Gasteiger partial charge in [-0.15, -0.1) is 0 Å². The highest BCUT2D eigenvalue weighted by atomic mass is 16.3. The van der Waals surface area contributed by atoms with Gasteiger partial charge in [0.2, 0.25) is 0 Å². The predicted octanol–water partition coefficient (Wildman–Crippen LogP) is 2.75. The van der Waals surface area contributed by atoms with Crippen molar-refractivity contribution in [3.63, 3.8) is 0 Å². The summed E-state index contributed by atoms with van der Waals surface area (Å²) in [5, 5.41) is 13.0. The molecule has 2 rings (SSSR count). The number of para-hydroxylation sites is 1. The lowest BCUT2D eigenvalue weighted by molar-refractivity contribution is 0.200. The maximum Gasteiger partial charge on any atom is 0.0781 e. The van der Waals surface area contributed by atoms with Crippen molar-refractivity contribution in [2.45, 2.75) is 19.6 Å². The zero-order valence-corrected chi connectivity index (χ0v) is 9.80. The molecule has 2 aromatic rings. The van der Waals surface area contributed by atoms with Gasteiger partial charge in [-0.2, -0.15) is 0 Å². The molecule has 1 unspecified atom stereocenters. The standard InChI is InChI=1S/C14H16N2O/c1-11(17)13-4-2-3-5-14(13)16-10-12-6-8-15-9-7-12/h2-9,11,16-17H,10H2,1H3. The molecule has 0 saturated carbocycles. The molecule has 1 heterocycles. The Morgan fingerprint density at radius 3 is 2.59 bits per heavy atom. The Bertz CT molecular complexity index is 469. The molecule has 3 heteroatoms. The van der Waals surface area contributed by atoms with Crippen LogP contribution in [0.2, 0.25) is 0 Å². The highest BCUT2D eigenvalue weighted by Gasteiger charge is 2.06. The lowest BCUT2D eigenvalue weighted by Gasteiger charge is -2.13. The number of pyridine rings is 1. The molecule has 0 radical (unpaired) electrons. The van der Waals surface area contributed by atoms with Gasteiger partial charge in [-0.05, 0) is 30.7 Å². The fourth-order valence-corrected chi connectivity index (χ4v) is 1.72. The molecular weight excluding hydrogens is 212 g/mol. The quantitative estimate of drug-likeness (QED) is 0.845. The Morgan fingerprint density at radius 2 is 1.88 bits per heavy atom. The van der Waals surface area contributed by atoms with Crippen LogP contribution < -0.4 is 5.32 Å². The summed E-state index contributed by atoms with van der Waals surface area (Å²) in [6, 6.07) is 11.7. The average Bonchev–Trinajstić information content (AvgIpc) is 2.38. The molecule has 3 nitrogen and oxygen atoms in total. The number of anilines is 1. The van der Waals surface area contributed by atoms with Crippen LogP contribution in [0.5, 0.6) is 0 Å². The number of aromatic nitrogens is 1. The zero-order chi connectivity index (χ0) is 12.1. The van der Waals surface area contributed by atoms with Gasteiger partial charge in [0, 0.05) is 30.2 Å². The Labute approximate surface area is 101 Å². The van der Waals surface area contributed by atoms with Crippen LogP contribution in [0.25, 0.3) is 0 Å². The van der Waals surface area contributed by atoms with E-state index in [0.29, 0.717) is 0 Å². The fraction of sp³-hybridized carbons (Fsp3) is 0.214. The summed E-state index contributed by atoms with van der Waals surface area (Å²) in [5.74, 6) is 0. The number of nitrogens with one attached hydrogen (secondary N) is 1. The van der Waals surface area contributed by atoms with Crippen molar-refractivity contribution in [3.8, 4) is 0 Å². The van der Waals surface area contributed by atoms with Crippen molar-refractivity contribution in [1.29, 1.82) is 0 Å². The number of aliphatic hydroxyl groups excluding tert-OH is 1. The molecule has 0 aliphatic carbocycles. The number of nitrogens with zero attached hydrogens (tertiary/aromatic N) is 1. The monoisotopic (exact) mass is 228 g/mol. The second-order valence-electron chi connectivity index (χ2n) is 3.97. The molecule has 0 amide bonds. The molecule has 0 spiro atoms. The van der Waals surface area contributed by atoms with Crippen LogP contribution in [0.3, 0.4) is 0 Å². The minimum Gasteiger partial charge on any atom is -0.389 e. The maximum atomic E-state index is 9.65. The minimum atomic E-state index is -0.462. The first-order chi connectivity index (χ1) is 8.27. The average molecular weight is 228 g/mol. The highest BCUT2D eigenvalue weighted by Crippen LogP contribution is 2.22. The van der Waals surface area contributed by atoms with Gasteiger partial charge < -0.3 is 10.4 Å². The molecule has 1 atom stereocenters. The molecule has 0 aliphatic heterocycles. The lowest BCUT2D eigenvalue weighted by Crippen LogP contribution is -2.04. The van der Waals surface area contributed by atoms with E-state index < -0.39 is 6.10 Å². The Kier molecular flexibility index (Phi) is 3.73. The van der Waals surface area contributed by atoms with Crippen LogP contribution in [0.15, 0.2) is 48.8 Å². The first-order valence-corrected chi connectivity index (χ1v) is 5.67. The molecule has 1 aromatic heterocycles. The van der Waals surface area contributed by atoms with Gasteiger partial charge in [-0.1, -0.05) is 18.2 Å². The molecule has 2 N–H and O–H groups in total. The Balaban J connectivity index is 2.09. The molecule has 0 saturated heterocycles. The summed E-state index contributed by atoms with van der Waals surface area (Å²) >= 11 is 0. The third-order valence-electron chi connectivity index (χ3n) is 2.64. The molecule has 1 aromatic carbocycles. The van der Waals surface area contributed by atoms with Crippen molar-refractivity contribution in [2.24, 2.45) is 0 Å². The van der Waals surface area contributed by atoms with Crippen molar-refractivity contribution in [3.05, 3.63) is 59.9 Å². The van der Waals surface area contributed by atoms with Gasteiger partial charge in [-0.25, -0.2) is 0 Å². The predicted molar refractivity (Wildman–Crippen MR) is 68.6 cm³/mol. The van der Waals surface area contributed by atoms with Gasteiger partial charge in [-0.3, -0.25) is 4.98 Å². The summed E-state index contributed by atoms with van der Waals surface area (Å²) in [4.78, 5) is 3.98. The highest BCUT2D eigenvalue weighted by molar-refractivity contribution is 5.52. The molecule has 0 bridgehead atoms. The van der Waals surface area contributed by atoms with E-state index in [0.717, 1.165) is 17.8 Å². The van der Waals surface area contributed by atoms with Gasteiger partial charge >= 0.3 is 0 Å². The van der Waals surface area contributed by atoms with Crippen molar-refractivity contribution in [2.75, 3.05) is 5.32 Å². The van der Waals surface area contributed by atoms with E-state index in [4.69, 9.17) is 0 Å².